The predicted molar refractivity (Wildman–Crippen MR) is 44.2 cm³/mol. The normalized spacial score (nSPS) is 25.0. The molecule has 0 aromatic rings. The highest BCUT2D eigenvalue weighted by atomic mass is 15.2. The molecule has 1 unspecified atom stereocenters. The van der Waals surface area contributed by atoms with E-state index >= 15 is 0 Å². The van der Waals surface area contributed by atoms with Crippen LogP contribution in [0.2, 0.25) is 0 Å². The maximum Gasteiger partial charge on any atom is 0.0385 e. The Bertz CT molecular complexity index is 162. The molecule has 4 heteroatoms. The molecule has 0 saturated carbocycles. The second-order valence-corrected chi connectivity index (χ2v) is 3.15. The van der Waals surface area contributed by atoms with Gasteiger partial charge in [0.2, 0.25) is 0 Å². The minimum atomic E-state index is 0.614. The van der Waals surface area contributed by atoms with Gasteiger partial charge in [0.15, 0.2) is 0 Å². The fourth-order valence-corrected chi connectivity index (χ4v) is 1.46. The molecule has 0 spiro atoms. The van der Waals surface area contributed by atoms with Crippen molar-refractivity contribution in [2.45, 2.75) is 13.3 Å². The first-order valence-corrected chi connectivity index (χ1v) is 4.06. The molecular formula is C7H14N4. The van der Waals surface area contributed by atoms with Crippen LogP contribution in [0.5, 0.6) is 0 Å². The summed E-state index contributed by atoms with van der Waals surface area (Å²) in [6.07, 6.45) is 1.29. The molecule has 0 aromatic carbocycles. The minimum Gasteiger partial charge on any atom is -0.303 e. The van der Waals surface area contributed by atoms with Crippen molar-refractivity contribution in [3.63, 3.8) is 0 Å². The number of likely N-dealkylation sites (tertiary alicyclic amines) is 1. The van der Waals surface area contributed by atoms with E-state index in [1.807, 2.05) is 0 Å². The Morgan fingerprint density at radius 2 is 2.55 bits per heavy atom. The van der Waals surface area contributed by atoms with Gasteiger partial charge in [0.25, 0.3) is 0 Å². The number of nitrogens with zero attached hydrogens (tertiary/aromatic N) is 4. The van der Waals surface area contributed by atoms with E-state index < -0.39 is 0 Å². The van der Waals surface area contributed by atoms with Crippen molar-refractivity contribution in [2.24, 2.45) is 11.0 Å². The summed E-state index contributed by atoms with van der Waals surface area (Å²) >= 11 is 0. The molecule has 4 nitrogen and oxygen atoms in total. The van der Waals surface area contributed by atoms with Crippen LogP contribution in [0, 0.1) is 5.92 Å². The smallest absolute Gasteiger partial charge is 0.0385 e. The molecule has 0 radical (unpaired) electrons. The van der Waals surface area contributed by atoms with Crippen molar-refractivity contribution in [3.05, 3.63) is 10.4 Å². The third kappa shape index (κ3) is 2.78. The summed E-state index contributed by atoms with van der Waals surface area (Å²) in [7, 11) is 0. The maximum atomic E-state index is 8.03. The van der Waals surface area contributed by atoms with E-state index in [1.165, 1.54) is 19.5 Å². The molecule has 1 aliphatic rings. The summed E-state index contributed by atoms with van der Waals surface area (Å²) < 4.78 is 0. The molecule has 62 valence electrons. The average Bonchev–Trinajstić information content (AvgIpc) is 2.37. The third-order valence-corrected chi connectivity index (χ3v) is 2.09. The van der Waals surface area contributed by atoms with Crippen LogP contribution < -0.4 is 0 Å². The molecule has 0 aliphatic carbocycles. The molecule has 1 saturated heterocycles. The first-order chi connectivity index (χ1) is 5.33. The van der Waals surface area contributed by atoms with Gasteiger partial charge in [0.05, 0.1) is 0 Å². The Balaban J connectivity index is 2.13. The molecule has 1 atom stereocenters. The van der Waals surface area contributed by atoms with Crippen molar-refractivity contribution in [1.29, 1.82) is 0 Å². The van der Waals surface area contributed by atoms with E-state index in [4.69, 9.17) is 5.53 Å². The van der Waals surface area contributed by atoms with Crippen LogP contribution in [0.3, 0.4) is 0 Å². The first kappa shape index (κ1) is 8.37. The lowest BCUT2D eigenvalue weighted by Crippen LogP contribution is -2.23. The Labute approximate surface area is 66.8 Å². The van der Waals surface area contributed by atoms with Gasteiger partial charge in [-0.05, 0) is 24.4 Å². The van der Waals surface area contributed by atoms with Crippen molar-refractivity contribution in [1.82, 2.24) is 4.90 Å². The Morgan fingerprint density at radius 1 is 1.73 bits per heavy atom. The van der Waals surface area contributed by atoms with E-state index in [0.29, 0.717) is 6.54 Å². The molecule has 0 bridgehead atoms. The molecule has 0 amide bonds. The summed E-state index contributed by atoms with van der Waals surface area (Å²) in [5.74, 6) is 0.820. The summed E-state index contributed by atoms with van der Waals surface area (Å²) in [6, 6.07) is 0. The number of azide groups is 1. The van der Waals surface area contributed by atoms with Gasteiger partial charge in [-0.1, -0.05) is 12.0 Å². The highest BCUT2D eigenvalue weighted by molar-refractivity contribution is 4.72. The van der Waals surface area contributed by atoms with Crippen LogP contribution in [0.1, 0.15) is 13.3 Å². The van der Waals surface area contributed by atoms with Gasteiger partial charge in [-0.25, -0.2) is 0 Å². The summed E-state index contributed by atoms with van der Waals surface area (Å²) in [5, 5.41) is 3.50. The van der Waals surface area contributed by atoms with Crippen LogP contribution in [0.4, 0.5) is 0 Å². The third-order valence-electron chi connectivity index (χ3n) is 2.09. The number of hydrogen-bond donors (Lipinski definition) is 0. The van der Waals surface area contributed by atoms with Crippen molar-refractivity contribution < 1.29 is 0 Å². The second kappa shape index (κ2) is 4.21. The minimum absolute atomic E-state index is 0.614. The Morgan fingerprint density at radius 3 is 3.09 bits per heavy atom. The summed E-state index contributed by atoms with van der Waals surface area (Å²) in [6.45, 7) is 6.13. The molecule has 1 rings (SSSR count). The van der Waals surface area contributed by atoms with Crippen LogP contribution in [-0.2, 0) is 0 Å². The van der Waals surface area contributed by atoms with Crippen LogP contribution in [0.15, 0.2) is 5.11 Å². The summed E-state index contributed by atoms with van der Waals surface area (Å²) in [4.78, 5) is 5.06. The van der Waals surface area contributed by atoms with Gasteiger partial charge in [0.1, 0.15) is 0 Å². The van der Waals surface area contributed by atoms with E-state index in [1.54, 1.807) is 0 Å². The van der Waals surface area contributed by atoms with Gasteiger partial charge < -0.3 is 4.90 Å². The van der Waals surface area contributed by atoms with E-state index in [-0.39, 0.29) is 0 Å². The molecule has 1 heterocycles. The molecule has 1 fully saturated rings. The maximum absolute atomic E-state index is 8.03. The molecule has 1 aliphatic heterocycles. The number of rotatable bonds is 3. The quantitative estimate of drug-likeness (QED) is 0.346. The van der Waals surface area contributed by atoms with E-state index in [0.717, 1.165) is 12.5 Å². The van der Waals surface area contributed by atoms with Crippen LogP contribution in [-0.4, -0.2) is 31.1 Å². The summed E-state index contributed by atoms with van der Waals surface area (Å²) in [5.41, 5.74) is 8.03. The van der Waals surface area contributed by atoms with E-state index in [9.17, 15) is 0 Å². The van der Waals surface area contributed by atoms with Crippen molar-refractivity contribution in [3.8, 4) is 0 Å². The molecule has 0 aromatic heterocycles. The molecular weight excluding hydrogens is 140 g/mol. The van der Waals surface area contributed by atoms with Crippen molar-refractivity contribution >= 4 is 0 Å². The SMILES string of the molecule is CC1CCN(CCN=[N+]=[N-])C1. The van der Waals surface area contributed by atoms with Crippen LogP contribution in [0.25, 0.3) is 10.4 Å². The van der Waals surface area contributed by atoms with Gasteiger partial charge >= 0.3 is 0 Å². The molecule has 11 heavy (non-hydrogen) atoms. The monoisotopic (exact) mass is 154 g/mol. The van der Waals surface area contributed by atoms with Gasteiger partial charge in [-0.2, -0.15) is 0 Å². The Kier molecular flexibility index (Phi) is 3.20. The molecule has 0 N–H and O–H groups in total. The van der Waals surface area contributed by atoms with Crippen molar-refractivity contribution in [2.75, 3.05) is 26.2 Å². The fourth-order valence-electron chi connectivity index (χ4n) is 1.46. The lowest BCUT2D eigenvalue weighted by Gasteiger charge is -2.12. The average molecular weight is 154 g/mol. The number of hydrogen-bond acceptors (Lipinski definition) is 2. The van der Waals surface area contributed by atoms with E-state index in [2.05, 4.69) is 21.8 Å². The zero-order valence-corrected chi connectivity index (χ0v) is 6.90. The second-order valence-electron chi connectivity index (χ2n) is 3.15. The zero-order chi connectivity index (χ0) is 8.10. The Hall–Kier alpha value is -0.730. The first-order valence-electron chi connectivity index (χ1n) is 4.06. The lowest BCUT2D eigenvalue weighted by molar-refractivity contribution is 0.337. The van der Waals surface area contributed by atoms with Gasteiger partial charge in [-0.15, -0.1) is 0 Å². The largest absolute Gasteiger partial charge is 0.303 e. The topological polar surface area (TPSA) is 52.0 Å². The standard InChI is InChI=1S/C7H14N4/c1-7-2-4-11(6-7)5-3-9-10-8/h7H,2-6H2,1H3. The zero-order valence-electron chi connectivity index (χ0n) is 6.90. The highest BCUT2D eigenvalue weighted by Gasteiger charge is 2.16. The lowest BCUT2D eigenvalue weighted by atomic mass is 10.2. The fraction of sp³-hybridized carbons (Fsp3) is 1.00. The highest BCUT2D eigenvalue weighted by Crippen LogP contribution is 2.13. The predicted octanol–water partition coefficient (Wildman–Crippen LogP) is 1.64. The van der Waals surface area contributed by atoms with Crippen LogP contribution >= 0.6 is 0 Å². The van der Waals surface area contributed by atoms with Gasteiger partial charge in [-0.3, -0.25) is 0 Å². The van der Waals surface area contributed by atoms with Gasteiger partial charge in [0, 0.05) is 24.5 Å².